The van der Waals surface area contributed by atoms with Crippen LogP contribution >= 0.6 is 0 Å². The zero-order valence-corrected chi connectivity index (χ0v) is 16.3. The Bertz CT molecular complexity index is 1070. The predicted octanol–water partition coefficient (Wildman–Crippen LogP) is 3.27. The number of pyridine rings is 1. The summed E-state index contributed by atoms with van der Waals surface area (Å²) in [5, 5.41) is 5.62. The van der Waals surface area contributed by atoms with Gasteiger partial charge in [-0.15, -0.1) is 0 Å². The molecule has 3 rings (SSSR count). The zero-order valence-electron chi connectivity index (χ0n) is 16.3. The van der Waals surface area contributed by atoms with E-state index < -0.39 is 5.91 Å². The van der Waals surface area contributed by atoms with E-state index in [1.807, 2.05) is 13.8 Å². The maximum atomic E-state index is 12.6. The molecule has 2 amide bonds. The molecule has 7 heteroatoms. The second kappa shape index (κ2) is 9.05. The van der Waals surface area contributed by atoms with Crippen molar-refractivity contribution >= 4 is 17.5 Å². The summed E-state index contributed by atoms with van der Waals surface area (Å²) in [5.74, 6) is -0.147. The Balaban J connectivity index is 1.73. The van der Waals surface area contributed by atoms with Crippen LogP contribution in [0, 0.1) is 0 Å². The van der Waals surface area contributed by atoms with Crippen LogP contribution in [0.25, 0.3) is 0 Å². The second-order valence-electron chi connectivity index (χ2n) is 6.72. The number of carbonyl (C=O) groups is 2. The Morgan fingerprint density at radius 2 is 1.79 bits per heavy atom. The highest BCUT2D eigenvalue weighted by Gasteiger charge is 2.17. The number of anilines is 1. The van der Waals surface area contributed by atoms with Gasteiger partial charge in [0.1, 0.15) is 5.76 Å². The first-order chi connectivity index (χ1) is 14.0. The van der Waals surface area contributed by atoms with E-state index in [0.29, 0.717) is 17.0 Å². The van der Waals surface area contributed by atoms with Crippen molar-refractivity contribution in [3.8, 4) is 0 Å². The van der Waals surface area contributed by atoms with E-state index in [1.54, 1.807) is 54.7 Å². The van der Waals surface area contributed by atoms with E-state index in [1.165, 1.54) is 10.6 Å². The third-order valence-electron chi connectivity index (χ3n) is 4.52. The van der Waals surface area contributed by atoms with Crippen LogP contribution in [0.3, 0.4) is 0 Å². The number of hydrogen-bond donors (Lipinski definition) is 2. The summed E-state index contributed by atoms with van der Waals surface area (Å²) >= 11 is 0. The third kappa shape index (κ3) is 5.01. The molecule has 0 aliphatic rings. The summed E-state index contributed by atoms with van der Waals surface area (Å²) in [6.07, 6.45) is 2.46. The summed E-state index contributed by atoms with van der Waals surface area (Å²) in [4.78, 5) is 36.9. The van der Waals surface area contributed by atoms with Crippen molar-refractivity contribution in [3.05, 3.63) is 88.2 Å². The lowest BCUT2D eigenvalue weighted by atomic mass is 10.1. The van der Waals surface area contributed by atoms with E-state index >= 15 is 0 Å². The maximum Gasteiger partial charge on any atom is 0.291 e. The molecule has 2 heterocycles. The average Bonchev–Trinajstić information content (AvgIpc) is 3.18. The molecule has 0 saturated carbocycles. The number of para-hydroxylation sites is 1. The SMILES string of the molecule is CCC(C)NC(=O)c1ccccc1NC(=O)c1ccc(Cn2ccccc2=O)o1. The molecule has 2 N–H and O–H groups in total. The number of benzene rings is 1. The number of amides is 2. The molecule has 7 nitrogen and oxygen atoms in total. The summed E-state index contributed by atoms with van der Waals surface area (Å²) in [6, 6.07) is 14.9. The fraction of sp³-hybridized carbons (Fsp3) is 0.227. The maximum absolute atomic E-state index is 12.6. The number of nitrogens with zero attached hydrogens (tertiary/aromatic N) is 1. The monoisotopic (exact) mass is 393 g/mol. The molecule has 0 spiro atoms. The van der Waals surface area contributed by atoms with Crippen LogP contribution in [-0.4, -0.2) is 22.4 Å². The van der Waals surface area contributed by atoms with Crippen LogP contribution in [-0.2, 0) is 6.54 Å². The normalized spacial score (nSPS) is 11.7. The van der Waals surface area contributed by atoms with Gasteiger partial charge < -0.3 is 19.6 Å². The fourth-order valence-corrected chi connectivity index (χ4v) is 2.72. The van der Waals surface area contributed by atoms with Crippen LogP contribution in [0.15, 0.2) is 70.0 Å². The Hall–Kier alpha value is -3.61. The number of aromatic nitrogens is 1. The summed E-state index contributed by atoms with van der Waals surface area (Å²) in [7, 11) is 0. The smallest absolute Gasteiger partial charge is 0.291 e. The van der Waals surface area contributed by atoms with Gasteiger partial charge in [-0.3, -0.25) is 14.4 Å². The van der Waals surface area contributed by atoms with E-state index in [9.17, 15) is 14.4 Å². The predicted molar refractivity (Wildman–Crippen MR) is 110 cm³/mol. The van der Waals surface area contributed by atoms with E-state index in [0.717, 1.165) is 6.42 Å². The molecular weight excluding hydrogens is 370 g/mol. The minimum atomic E-state index is -0.472. The van der Waals surface area contributed by atoms with Crippen molar-refractivity contribution in [2.75, 3.05) is 5.32 Å². The highest BCUT2D eigenvalue weighted by atomic mass is 16.4. The second-order valence-corrected chi connectivity index (χ2v) is 6.72. The van der Waals surface area contributed by atoms with Crippen LogP contribution in [0.4, 0.5) is 5.69 Å². The summed E-state index contributed by atoms with van der Waals surface area (Å²) in [6.45, 7) is 4.12. The molecule has 0 radical (unpaired) electrons. The Morgan fingerprint density at radius 3 is 2.55 bits per heavy atom. The van der Waals surface area contributed by atoms with Crippen LogP contribution in [0.1, 0.15) is 46.9 Å². The standard InChI is InChI=1S/C22H23N3O4/c1-3-15(2)23-21(27)17-8-4-5-9-18(17)24-22(28)19-12-11-16(29-19)14-25-13-7-6-10-20(25)26/h4-13,15H,3,14H2,1-2H3,(H,23,27)(H,24,28). The molecule has 29 heavy (non-hydrogen) atoms. The largest absolute Gasteiger partial charge is 0.454 e. The highest BCUT2D eigenvalue weighted by Crippen LogP contribution is 2.18. The molecule has 1 atom stereocenters. The van der Waals surface area contributed by atoms with Gasteiger partial charge in [0.05, 0.1) is 17.8 Å². The van der Waals surface area contributed by atoms with Crippen LogP contribution < -0.4 is 16.2 Å². The van der Waals surface area contributed by atoms with E-state index in [-0.39, 0.29) is 29.8 Å². The fourth-order valence-electron chi connectivity index (χ4n) is 2.72. The number of furan rings is 1. The molecule has 0 aliphatic heterocycles. The molecule has 1 aromatic carbocycles. The van der Waals surface area contributed by atoms with Crippen molar-refractivity contribution in [1.82, 2.24) is 9.88 Å². The number of rotatable bonds is 7. The average molecular weight is 393 g/mol. The first-order valence-corrected chi connectivity index (χ1v) is 9.43. The molecule has 150 valence electrons. The van der Waals surface area contributed by atoms with Crippen LogP contribution in [0.2, 0.25) is 0 Å². The lowest BCUT2D eigenvalue weighted by Crippen LogP contribution is -2.32. The Morgan fingerprint density at radius 1 is 1.03 bits per heavy atom. The van der Waals surface area contributed by atoms with Gasteiger partial charge >= 0.3 is 0 Å². The topological polar surface area (TPSA) is 93.3 Å². The van der Waals surface area contributed by atoms with E-state index in [4.69, 9.17) is 4.42 Å². The molecule has 0 bridgehead atoms. The molecule has 2 aromatic heterocycles. The highest BCUT2D eigenvalue weighted by molar-refractivity contribution is 6.07. The minimum Gasteiger partial charge on any atom is -0.454 e. The quantitative estimate of drug-likeness (QED) is 0.644. The first-order valence-electron chi connectivity index (χ1n) is 9.43. The van der Waals surface area contributed by atoms with Crippen molar-refractivity contribution in [1.29, 1.82) is 0 Å². The summed E-state index contributed by atoms with van der Waals surface area (Å²) < 4.78 is 7.07. The molecular formula is C22H23N3O4. The zero-order chi connectivity index (χ0) is 20.8. The Kier molecular flexibility index (Phi) is 6.29. The molecule has 0 fully saturated rings. The summed E-state index contributed by atoms with van der Waals surface area (Å²) in [5.41, 5.74) is 0.621. The van der Waals surface area contributed by atoms with Gasteiger partial charge in [0.15, 0.2) is 5.76 Å². The molecule has 0 aliphatic carbocycles. The van der Waals surface area contributed by atoms with Gasteiger partial charge in [-0.1, -0.05) is 25.1 Å². The lowest BCUT2D eigenvalue weighted by molar-refractivity contribution is 0.0940. The number of hydrogen-bond acceptors (Lipinski definition) is 4. The van der Waals surface area contributed by atoms with Crippen molar-refractivity contribution < 1.29 is 14.0 Å². The minimum absolute atomic E-state index is 0.0280. The molecule has 1 unspecified atom stereocenters. The molecule has 0 saturated heterocycles. The van der Waals surface area contributed by atoms with Gasteiger partial charge in [0.2, 0.25) is 0 Å². The van der Waals surface area contributed by atoms with E-state index in [2.05, 4.69) is 10.6 Å². The Labute approximate surface area is 168 Å². The van der Waals surface area contributed by atoms with Gasteiger partial charge in [-0.05, 0) is 43.7 Å². The van der Waals surface area contributed by atoms with Crippen molar-refractivity contribution in [3.63, 3.8) is 0 Å². The van der Waals surface area contributed by atoms with Gasteiger partial charge in [0, 0.05) is 18.3 Å². The van der Waals surface area contributed by atoms with Gasteiger partial charge in [0.25, 0.3) is 17.4 Å². The number of nitrogens with one attached hydrogen (secondary N) is 2. The molecule has 3 aromatic rings. The number of carbonyl (C=O) groups excluding carboxylic acids is 2. The lowest BCUT2D eigenvalue weighted by Gasteiger charge is -2.14. The van der Waals surface area contributed by atoms with Crippen molar-refractivity contribution in [2.45, 2.75) is 32.9 Å². The third-order valence-corrected chi connectivity index (χ3v) is 4.52. The first kappa shape index (κ1) is 20.1. The van der Waals surface area contributed by atoms with Crippen LogP contribution in [0.5, 0.6) is 0 Å². The van der Waals surface area contributed by atoms with Gasteiger partial charge in [-0.25, -0.2) is 0 Å². The van der Waals surface area contributed by atoms with Crippen molar-refractivity contribution in [2.24, 2.45) is 0 Å². The van der Waals surface area contributed by atoms with Gasteiger partial charge in [-0.2, -0.15) is 0 Å².